The first-order valence-corrected chi connectivity index (χ1v) is 7.34. The number of carboxylic acids is 1. The summed E-state index contributed by atoms with van der Waals surface area (Å²) in [7, 11) is 1.60. The van der Waals surface area contributed by atoms with E-state index in [1.807, 2.05) is 38.1 Å². The number of rotatable bonds is 7. The van der Waals surface area contributed by atoms with Crippen LogP contribution >= 0.6 is 0 Å². The predicted octanol–water partition coefficient (Wildman–Crippen LogP) is 3.01. The first-order valence-electron chi connectivity index (χ1n) is 7.34. The van der Waals surface area contributed by atoms with E-state index in [1.54, 1.807) is 21.0 Å². The van der Waals surface area contributed by atoms with Crippen LogP contribution in [0.1, 0.15) is 45.7 Å². The molecule has 0 aliphatic rings. The van der Waals surface area contributed by atoms with Gasteiger partial charge in [0, 0.05) is 6.42 Å². The summed E-state index contributed by atoms with van der Waals surface area (Å²) >= 11 is 0. The van der Waals surface area contributed by atoms with Gasteiger partial charge in [0.15, 0.2) is 0 Å². The average Bonchev–Trinajstić information content (AvgIpc) is 2.44. The molecule has 0 aliphatic heterocycles. The summed E-state index contributed by atoms with van der Waals surface area (Å²) in [5.74, 6) is -0.301. The first-order chi connectivity index (χ1) is 10.2. The van der Waals surface area contributed by atoms with Gasteiger partial charge in [0.1, 0.15) is 5.75 Å². The Hall–Kier alpha value is -2.04. The lowest BCUT2D eigenvalue weighted by molar-refractivity contribution is -0.149. The number of ether oxygens (including phenoxy) is 1. The molecular weight excluding hydrogens is 282 g/mol. The Morgan fingerprint density at radius 1 is 1.23 bits per heavy atom. The normalized spacial score (nSPS) is 12.8. The Morgan fingerprint density at radius 3 is 2.18 bits per heavy atom. The maximum absolute atomic E-state index is 12.2. The number of carboxylic acid groups (broad SMARTS) is 1. The Morgan fingerprint density at radius 2 is 1.77 bits per heavy atom. The molecule has 0 aromatic heterocycles. The summed E-state index contributed by atoms with van der Waals surface area (Å²) in [6.07, 6.45) is -0.0539. The first kappa shape index (κ1) is 18.0. The van der Waals surface area contributed by atoms with Gasteiger partial charge in [-0.1, -0.05) is 26.0 Å². The largest absolute Gasteiger partial charge is 0.497 e. The zero-order valence-electron chi connectivity index (χ0n) is 13.8. The topological polar surface area (TPSA) is 75.6 Å². The van der Waals surface area contributed by atoms with Gasteiger partial charge in [-0.15, -0.1) is 0 Å². The molecule has 1 unspecified atom stereocenters. The summed E-state index contributed by atoms with van der Waals surface area (Å²) < 4.78 is 5.13. The van der Waals surface area contributed by atoms with Crippen LogP contribution in [-0.2, 0) is 9.59 Å². The molecule has 22 heavy (non-hydrogen) atoms. The van der Waals surface area contributed by atoms with Crippen molar-refractivity contribution in [1.29, 1.82) is 0 Å². The Balaban J connectivity index is 2.84. The molecule has 0 heterocycles. The van der Waals surface area contributed by atoms with Gasteiger partial charge in [-0.3, -0.25) is 9.59 Å². The summed E-state index contributed by atoms with van der Waals surface area (Å²) in [6.45, 7) is 7.12. The van der Waals surface area contributed by atoms with E-state index >= 15 is 0 Å². The number of benzene rings is 1. The molecule has 0 radical (unpaired) electrons. The van der Waals surface area contributed by atoms with Crippen LogP contribution in [0.2, 0.25) is 0 Å². The van der Waals surface area contributed by atoms with Gasteiger partial charge in [-0.05, 0) is 37.5 Å². The van der Waals surface area contributed by atoms with E-state index in [-0.39, 0.29) is 24.3 Å². The second-order valence-electron chi connectivity index (χ2n) is 6.43. The second kappa shape index (κ2) is 7.29. The van der Waals surface area contributed by atoms with Crippen molar-refractivity contribution in [2.75, 3.05) is 7.11 Å². The molecule has 1 amide bonds. The van der Waals surface area contributed by atoms with Crippen LogP contribution in [0.15, 0.2) is 24.3 Å². The minimum atomic E-state index is -1.08. The van der Waals surface area contributed by atoms with E-state index in [1.165, 1.54) is 0 Å². The zero-order chi connectivity index (χ0) is 16.9. The number of carbonyl (C=O) groups is 2. The van der Waals surface area contributed by atoms with Crippen molar-refractivity contribution in [3.05, 3.63) is 29.8 Å². The van der Waals surface area contributed by atoms with Crippen LogP contribution in [0.5, 0.6) is 5.75 Å². The van der Waals surface area contributed by atoms with Gasteiger partial charge in [-0.2, -0.15) is 0 Å². The fourth-order valence-corrected chi connectivity index (χ4v) is 2.15. The SMILES string of the molecule is COc1ccc(C(NC(=O)CC(C)(C)C(=O)O)C(C)C)cc1. The minimum Gasteiger partial charge on any atom is -0.497 e. The summed E-state index contributed by atoms with van der Waals surface area (Å²) in [5.41, 5.74) is -0.108. The molecule has 0 fully saturated rings. The third kappa shape index (κ3) is 4.76. The lowest BCUT2D eigenvalue weighted by Crippen LogP contribution is -2.37. The lowest BCUT2D eigenvalue weighted by Gasteiger charge is -2.25. The molecule has 5 heteroatoms. The molecule has 5 nitrogen and oxygen atoms in total. The molecular formula is C17H25NO4. The maximum Gasteiger partial charge on any atom is 0.309 e. The van der Waals surface area contributed by atoms with Crippen LogP contribution in [0.3, 0.4) is 0 Å². The van der Waals surface area contributed by atoms with E-state index in [0.29, 0.717) is 0 Å². The second-order valence-corrected chi connectivity index (χ2v) is 6.43. The highest BCUT2D eigenvalue weighted by Gasteiger charge is 2.31. The molecule has 122 valence electrons. The number of amides is 1. The van der Waals surface area contributed by atoms with Gasteiger partial charge in [0.2, 0.25) is 5.91 Å². The highest BCUT2D eigenvalue weighted by molar-refractivity contribution is 5.84. The van der Waals surface area contributed by atoms with Crippen molar-refractivity contribution in [3.8, 4) is 5.75 Å². The molecule has 1 atom stereocenters. The van der Waals surface area contributed by atoms with Gasteiger partial charge < -0.3 is 15.2 Å². The number of methoxy groups -OCH3 is 1. The van der Waals surface area contributed by atoms with E-state index in [2.05, 4.69) is 5.32 Å². The van der Waals surface area contributed by atoms with Crippen LogP contribution in [0.25, 0.3) is 0 Å². The number of hydrogen-bond donors (Lipinski definition) is 2. The van der Waals surface area contributed by atoms with E-state index in [0.717, 1.165) is 11.3 Å². The Labute approximate surface area is 131 Å². The fraction of sp³-hybridized carbons (Fsp3) is 0.529. The van der Waals surface area contributed by atoms with Gasteiger partial charge >= 0.3 is 5.97 Å². The standard InChI is InChI=1S/C17H25NO4/c1-11(2)15(12-6-8-13(22-5)9-7-12)18-14(19)10-17(3,4)16(20)21/h6-9,11,15H,10H2,1-5H3,(H,18,19)(H,20,21). The Bertz CT molecular complexity index is 520. The molecule has 0 aliphatic carbocycles. The van der Waals surface area contributed by atoms with Crippen molar-refractivity contribution < 1.29 is 19.4 Å². The van der Waals surface area contributed by atoms with Gasteiger partial charge in [-0.25, -0.2) is 0 Å². The van der Waals surface area contributed by atoms with E-state index in [9.17, 15) is 9.59 Å². The van der Waals surface area contributed by atoms with E-state index < -0.39 is 11.4 Å². The molecule has 2 N–H and O–H groups in total. The van der Waals surface area contributed by atoms with Gasteiger partial charge in [0.25, 0.3) is 0 Å². The monoisotopic (exact) mass is 307 g/mol. The molecule has 0 spiro atoms. The molecule has 1 rings (SSSR count). The molecule has 1 aromatic rings. The van der Waals surface area contributed by atoms with E-state index in [4.69, 9.17) is 9.84 Å². The molecule has 0 bridgehead atoms. The molecule has 1 aromatic carbocycles. The van der Waals surface area contributed by atoms with Gasteiger partial charge in [0.05, 0.1) is 18.6 Å². The lowest BCUT2D eigenvalue weighted by atomic mass is 9.88. The number of hydrogen-bond acceptors (Lipinski definition) is 3. The van der Waals surface area contributed by atoms with Crippen molar-refractivity contribution in [3.63, 3.8) is 0 Å². The number of aliphatic carboxylic acids is 1. The fourth-order valence-electron chi connectivity index (χ4n) is 2.15. The van der Waals surface area contributed by atoms with Crippen LogP contribution in [0, 0.1) is 11.3 Å². The van der Waals surface area contributed by atoms with Crippen molar-refractivity contribution in [2.45, 2.75) is 40.2 Å². The van der Waals surface area contributed by atoms with Crippen molar-refractivity contribution >= 4 is 11.9 Å². The van der Waals surface area contributed by atoms with Crippen LogP contribution in [0.4, 0.5) is 0 Å². The van der Waals surface area contributed by atoms with Crippen LogP contribution < -0.4 is 10.1 Å². The summed E-state index contributed by atoms with van der Waals surface area (Å²) in [6, 6.07) is 7.34. The minimum absolute atomic E-state index is 0.0539. The summed E-state index contributed by atoms with van der Waals surface area (Å²) in [4.78, 5) is 23.3. The quantitative estimate of drug-likeness (QED) is 0.812. The zero-order valence-corrected chi connectivity index (χ0v) is 13.8. The average molecular weight is 307 g/mol. The molecule has 0 saturated carbocycles. The van der Waals surface area contributed by atoms with Crippen LogP contribution in [-0.4, -0.2) is 24.1 Å². The summed E-state index contributed by atoms with van der Waals surface area (Å²) in [5, 5.41) is 12.1. The third-order valence-corrected chi connectivity index (χ3v) is 3.64. The smallest absolute Gasteiger partial charge is 0.309 e. The highest BCUT2D eigenvalue weighted by Crippen LogP contribution is 2.26. The number of nitrogens with one attached hydrogen (secondary N) is 1. The number of carbonyl (C=O) groups excluding carboxylic acids is 1. The van der Waals surface area contributed by atoms with Crippen molar-refractivity contribution in [1.82, 2.24) is 5.32 Å². The maximum atomic E-state index is 12.2. The Kier molecular flexibility index (Phi) is 5.97. The third-order valence-electron chi connectivity index (χ3n) is 3.64. The predicted molar refractivity (Wildman–Crippen MR) is 84.7 cm³/mol. The van der Waals surface area contributed by atoms with Crippen molar-refractivity contribution in [2.24, 2.45) is 11.3 Å². The highest BCUT2D eigenvalue weighted by atomic mass is 16.5. The molecule has 0 saturated heterocycles.